The van der Waals surface area contributed by atoms with Crippen LogP contribution in [-0.2, 0) is 0 Å². The van der Waals surface area contributed by atoms with E-state index in [1.165, 1.54) is 0 Å². The molecule has 0 fully saturated rings. The first kappa shape index (κ1) is 8.62. The van der Waals surface area contributed by atoms with Gasteiger partial charge in [0.15, 0.2) is 0 Å². The fourth-order valence-corrected chi connectivity index (χ4v) is 1.60. The number of hydrogen-bond acceptors (Lipinski definition) is 2. The van der Waals surface area contributed by atoms with Gasteiger partial charge >= 0.3 is 0 Å². The van der Waals surface area contributed by atoms with Crippen molar-refractivity contribution in [3.05, 3.63) is 46.6 Å². The maximum Gasteiger partial charge on any atom is 0.0401 e. The molecule has 0 spiro atoms. The normalized spacial score (nSPS) is 9.92. The Balaban J connectivity index is 2.48. The molecule has 0 aliphatic carbocycles. The van der Waals surface area contributed by atoms with Crippen molar-refractivity contribution in [2.24, 2.45) is 0 Å². The summed E-state index contributed by atoms with van der Waals surface area (Å²) in [6.07, 6.45) is 7.29. The van der Waals surface area contributed by atoms with E-state index in [2.05, 4.69) is 38.6 Å². The fourth-order valence-electron chi connectivity index (χ4n) is 1.10. The number of halogens is 1. The maximum atomic E-state index is 4.13. The van der Waals surface area contributed by atoms with Gasteiger partial charge in [0.1, 0.15) is 0 Å². The van der Waals surface area contributed by atoms with Crippen LogP contribution in [0, 0.1) is 3.57 Å². The number of hydrogen-bond donors (Lipinski definition) is 0. The van der Waals surface area contributed by atoms with Crippen LogP contribution in [0.25, 0.3) is 11.1 Å². The summed E-state index contributed by atoms with van der Waals surface area (Å²) in [6, 6.07) is 6.04. The van der Waals surface area contributed by atoms with E-state index in [0.717, 1.165) is 14.7 Å². The van der Waals surface area contributed by atoms with Gasteiger partial charge in [-0.3, -0.25) is 9.97 Å². The SMILES string of the molecule is Ic1cncc(-c2cccnc2)c1. The Bertz CT molecular complexity index is 401. The fraction of sp³-hybridized carbons (Fsp3) is 0. The molecule has 0 unspecified atom stereocenters. The Morgan fingerprint density at radius 1 is 1.00 bits per heavy atom. The van der Waals surface area contributed by atoms with E-state index >= 15 is 0 Å². The van der Waals surface area contributed by atoms with Gasteiger partial charge in [-0.1, -0.05) is 6.07 Å². The highest BCUT2D eigenvalue weighted by Gasteiger charge is 1.97. The molecule has 0 aliphatic rings. The summed E-state index contributed by atoms with van der Waals surface area (Å²) < 4.78 is 1.14. The van der Waals surface area contributed by atoms with Crippen molar-refractivity contribution in [2.45, 2.75) is 0 Å². The summed E-state index contributed by atoms with van der Waals surface area (Å²) in [5, 5.41) is 0. The summed E-state index contributed by atoms with van der Waals surface area (Å²) in [5.74, 6) is 0. The van der Waals surface area contributed by atoms with E-state index in [0.29, 0.717) is 0 Å². The zero-order valence-electron chi connectivity index (χ0n) is 6.81. The molecule has 2 heterocycles. The Kier molecular flexibility index (Phi) is 2.54. The molecule has 0 radical (unpaired) electrons. The topological polar surface area (TPSA) is 25.8 Å². The van der Waals surface area contributed by atoms with Crippen molar-refractivity contribution >= 4 is 22.6 Å². The molecule has 0 aromatic carbocycles. The molecule has 0 atom stereocenters. The van der Waals surface area contributed by atoms with E-state index < -0.39 is 0 Å². The Morgan fingerprint density at radius 2 is 1.85 bits per heavy atom. The Hall–Kier alpha value is -0.970. The van der Waals surface area contributed by atoms with E-state index in [1.54, 1.807) is 6.20 Å². The lowest BCUT2D eigenvalue weighted by molar-refractivity contribution is 1.28. The lowest BCUT2D eigenvalue weighted by atomic mass is 10.1. The van der Waals surface area contributed by atoms with Gasteiger partial charge in [-0.05, 0) is 34.7 Å². The molecule has 0 amide bonds. The molecule has 64 valence electrons. The highest BCUT2D eigenvalue weighted by atomic mass is 127. The molecule has 0 N–H and O–H groups in total. The lowest BCUT2D eigenvalue weighted by Gasteiger charge is -1.99. The first-order chi connectivity index (χ1) is 6.36. The van der Waals surface area contributed by atoms with Crippen LogP contribution < -0.4 is 0 Å². The molecule has 0 saturated carbocycles. The summed E-state index contributed by atoms with van der Waals surface area (Å²) >= 11 is 2.25. The third kappa shape index (κ3) is 2.03. The highest BCUT2D eigenvalue weighted by Crippen LogP contribution is 2.18. The zero-order valence-corrected chi connectivity index (χ0v) is 8.97. The molecular formula is C10H7IN2. The number of pyridine rings is 2. The zero-order chi connectivity index (χ0) is 9.10. The van der Waals surface area contributed by atoms with Gasteiger partial charge in [-0.2, -0.15) is 0 Å². The molecule has 0 saturated heterocycles. The molecule has 13 heavy (non-hydrogen) atoms. The van der Waals surface area contributed by atoms with Crippen molar-refractivity contribution in [2.75, 3.05) is 0 Å². The summed E-state index contributed by atoms with van der Waals surface area (Å²) in [6.45, 7) is 0. The molecule has 2 nitrogen and oxygen atoms in total. The van der Waals surface area contributed by atoms with Gasteiger partial charge in [0, 0.05) is 39.5 Å². The van der Waals surface area contributed by atoms with Crippen LogP contribution in [-0.4, -0.2) is 9.97 Å². The van der Waals surface area contributed by atoms with E-state index in [1.807, 2.05) is 30.7 Å². The van der Waals surface area contributed by atoms with Crippen LogP contribution in [0.4, 0.5) is 0 Å². The average molecular weight is 282 g/mol. The number of aromatic nitrogens is 2. The first-order valence-electron chi connectivity index (χ1n) is 3.87. The van der Waals surface area contributed by atoms with Gasteiger partial charge < -0.3 is 0 Å². The van der Waals surface area contributed by atoms with Crippen LogP contribution in [0.2, 0.25) is 0 Å². The van der Waals surface area contributed by atoms with Gasteiger partial charge in [-0.25, -0.2) is 0 Å². The monoisotopic (exact) mass is 282 g/mol. The number of nitrogens with zero attached hydrogens (tertiary/aromatic N) is 2. The van der Waals surface area contributed by atoms with Gasteiger partial charge in [-0.15, -0.1) is 0 Å². The minimum atomic E-state index is 1.11. The average Bonchev–Trinajstić information content (AvgIpc) is 2.19. The maximum absolute atomic E-state index is 4.13. The molecule has 0 aliphatic heterocycles. The van der Waals surface area contributed by atoms with Gasteiger partial charge in [0.05, 0.1) is 0 Å². The van der Waals surface area contributed by atoms with E-state index in [9.17, 15) is 0 Å². The van der Waals surface area contributed by atoms with Crippen molar-refractivity contribution in [3.8, 4) is 11.1 Å². The molecular weight excluding hydrogens is 275 g/mol. The molecule has 2 aromatic heterocycles. The second kappa shape index (κ2) is 3.83. The summed E-state index contributed by atoms with van der Waals surface area (Å²) in [5.41, 5.74) is 2.22. The first-order valence-corrected chi connectivity index (χ1v) is 4.95. The minimum absolute atomic E-state index is 1.11. The highest BCUT2D eigenvalue weighted by molar-refractivity contribution is 14.1. The second-order valence-electron chi connectivity index (χ2n) is 2.63. The van der Waals surface area contributed by atoms with Gasteiger partial charge in [0.25, 0.3) is 0 Å². The smallest absolute Gasteiger partial charge is 0.0401 e. The number of rotatable bonds is 1. The van der Waals surface area contributed by atoms with Crippen LogP contribution in [0.1, 0.15) is 0 Å². The molecule has 2 rings (SSSR count). The standard InChI is InChI=1S/C10H7IN2/c11-10-4-9(6-13-7-10)8-2-1-3-12-5-8/h1-7H. The second-order valence-corrected chi connectivity index (χ2v) is 3.88. The predicted octanol–water partition coefficient (Wildman–Crippen LogP) is 2.75. The third-order valence-electron chi connectivity index (χ3n) is 1.70. The third-order valence-corrected chi connectivity index (χ3v) is 2.29. The van der Waals surface area contributed by atoms with Crippen LogP contribution in [0.3, 0.4) is 0 Å². The molecule has 3 heteroatoms. The Labute approximate surface area is 90.2 Å². The summed E-state index contributed by atoms with van der Waals surface area (Å²) in [4.78, 5) is 8.19. The Morgan fingerprint density at radius 3 is 2.54 bits per heavy atom. The molecule has 2 aromatic rings. The quantitative estimate of drug-likeness (QED) is 0.752. The lowest BCUT2D eigenvalue weighted by Crippen LogP contribution is -1.82. The van der Waals surface area contributed by atoms with Crippen molar-refractivity contribution in [3.63, 3.8) is 0 Å². The molecule has 0 bridgehead atoms. The minimum Gasteiger partial charge on any atom is -0.264 e. The predicted molar refractivity (Wildman–Crippen MR) is 60.2 cm³/mol. The van der Waals surface area contributed by atoms with Crippen molar-refractivity contribution in [1.29, 1.82) is 0 Å². The van der Waals surface area contributed by atoms with E-state index in [4.69, 9.17) is 0 Å². The summed E-state index contributed by atoms with van der Waals surface area (Å²) in [7, 11) is 0. The van der Waals surface area contributed by atoms with E-state index in [-0.39, 0.29) is 0 Å². The van der Waals surface area contributed by atoms with Crippen LogP contribution in [0.5, 0.6) is 0 Å². The largest absolute Gasteiger partial charge is 0.264 e. The van der Waals surface area contributed by atoms with Crippen LogP contribution in [0.15, 0.2) is 43.0 Å². The van der Waals surface area contributed by atoms with Gasteiger partial charge in [0.2, 0.25) is 0 Å². The van der Waals surface area contributed by atoms with Crippen molar-refractivity contribution in [1.82, 2.24) is 9.97 Å². The van der Waals surface area contributed by atoms with Crippen molar-refractivity contribution < 1.29 is 0 Å². The van der Waals surface area contributed by atoms with Crippen LogP contribution >= 0.6 is 22.6 Å².